The van der Waals surface area contributed by atoms with Crippen molar-refractivity contribution in [3.8, 4) is 0 Å². The van der Waals surface area contributed by atoms with Gasteiger partial charge in [-0.15, -0.1) is 0 Å². The van der Waals surface area contributed by atoms with Crippen LogP contribution in [0, 0.1) is 0 Å². The summed E-state index contributed by atoms with van der Waals surface area (Å²) in [6.45, 7) is 0.906. The first-order valence-electron chi connectivity index (χ1n) is 9.13. The summed E-state index contributed by atoms with van der Waals surface area (Å²) in [4.78, 5) is 12.3. The third-order valence-electron chi connectivity index (χ3n) is 4.89. The first-order valence-corrected chi connectivity index (χ1v) is 9.92. The zero-order valence-corrected chi connectivity index (χ0v) is 16.4. The van der Waals surface area contributed by atoms with Crippen LogP contribution in [0.15, 0.2) is 83.3 Å². The maximum Gasteiger partial charge on any atom is 0.255 e. The lowest BCUT2D eigenvalue weighted by molar-refractivity contribution is 0.102. The van der Waals surface area contributed by atoms with Crippen LogP contribution in [0.25, 0.3) is 0 Å². The second kappa shape index (κ2) is 8.07. The summed E-state index contributed by atoms with van der Waals surface area (Å²) in [6, 6.07) is 26.6. The quantitative estimate of drug-likeness (QED) is 0.564. The van der Waals surface area contributed by atoms with Crippen LogP contribution in [-0.2, 0) is 6.54 Å². The van der Waals surface area contributed by atoms with Crippen LogP contribution in [0.2, 0.25) is 0 Å². The van der Waals surface area contributed by atoms with Gasteiger partial charge in [-0.2, -0.15) is 0 Å². The van der Waals surface area contributed by atoms with Crippen LogP contribution >= 0.6 is 15.9 Å². The van der Waals surface area contributed by atoms with E-state index in [2.05, 4.69) is 63.0 Å². The fraction of sp³-hybridized carbons (Fsp3) is 0.174. The van der Waals surface area contributed by atoms with E-state index in [4.69, 9.17) is 0 Å². The average Bonchev–Trinajstić information content (AvgIpc) is 3.47. The van der Waals surface area contributed by atoms with Crippen molar-refractivity contribution in [2.75, 3.05) is 5.32 Å². The molecule has 3 aromatic carbocycles. The molecule has 2 unspecified atom stereocenters. The third-order valence-corrected chi connectivity index (χ3v) is 5.38. The Bertz CT molecular complexity index is 925. The molecule has 4 heteroatoms. The molecule has 1 saturated carbocycles. The van der Waals surface area contributed by atoms with E-state index in [0.717, 1.165) is 23.1 Å². The Kier molecular flexibility index (Phi) is 5.37. The number of carbonyl (C=O) groups excluding carboxylic acids is 1. The highest BCUT2D eigenvalue weighted by Gasteiger charge is 2.37. The van der Waals surface area contributed by atoms with E-state index < -0.39 is 0 Å². The van der Waals surface area contributed by atoms with E-state index in [-0.39, 0.29) is 5.91 Å². The van der Waals surface area contributed by atoms with Gasteiger partial charge in [0.1, 0.15) is 0 Å². The predicted octanol–water partition coefficient (Wildman–Crippen LogP) is 5.35. The Morgan fingerprint density at radius 2 is 1.74 bits per heavy atom. The van der Waals surface area contributed by atoms with Gasteiger partial charge in [-0.1, -0.05) is 64.5 Å². The highest BCUT2D eigenvalue weighted by Crippen LogP contribution is 2.41. The molecular weight excluding hydrogens is 400 g/mol. The Balaban J connectivity index is 1.31. The Morgan fingerprint density at radius 1 is 0.963 bits per heavy atom. The van der Waals surface area contributed by atoms with E-state index >= 15 is 0 Å². The van der Waals surface area contributed by atoms with Gasteiger partial charge in [0, 0.05) is 34.2 Å². The summed E-state index contributed by atoms with van der Waals surface area (Å²) >= 11 is 3.40. The van der Waals surface area contributed by atoms with Crippen molar-refractivity contribution in [2.24, 2.45) is 0 Å². The van der Waals surface area contributed by atoms with E-state index in [1.807, 2.05) is 42.5 Å². The summed E-state index contributed by atoms with van der Waals surface area (Å²) in [6.07, 6.45) is 1.16. The Morgan fingerprint density at radius 3 is 2.48 bits per heavy atom. The highest BCUT2D eigenvalue weighted by atomic mass is 79.9. The molecule has 0 saturated heterocycles. The van der Waals surface area contributed by atoms with Crippen molar-refractivity contribution in [2.45, 2.75) is 24.9 Å². The summed E-state index contributed by atoms with van der Waals surface area (Å²) in [5, 5.41) is 6.58. The SMILES string of the molecule is O=C(Nc1ccc(C2CC2NCc2ccccc2)cc1)c1cccc(Br)c1. The van der Waals surface area contributed by atoms with Gasteiger partial charge >= 0.3 is 0 Å². The Labute approximate surface area is 167 Å². The second-order valence-corrected chi connectivity index (χ2v) is 7.82. The summed E-state index contributed by atoms with van der Waals surface area (Å²) in [5.74, 6) is 0.460. The number of hydrogen-bond acceptors (Lipinski definition) is 2. The summed E-state index contributed by atoms with van der Waals surface area (Å²) in [5.41, 5.74) is 4.09. The first-order chi connectivity index (χ1) is 13.2. The molecule has 0 spiro atoms. The first kappa shape index (κ1) is 18.0. The lowest BCUT2D eigenvalue weighted by atomic mass is 10.1. The molecule has 1 aliphatic rings. The van der Waals surface area contributed by atoms with Gasteiger partial charge in [0.25, 0.3) is 5.91 Å². The van der Waals surface area contributed by atoms with E-state index in [1.54, 1.807) is 0 Å². The van der Waals surface area contributed by atoms with Crippen LogP contribution in [0.4, 0.5) is 5.69 Å². The van der Waals surface area contributed by atoms with Crippen molar-refractivity contribution >= 4 is 27.5 Å². The van der Waals surface area contributed by atoms with Crippen molar-refractivity contribution < 1.29 is 4.79 Å². The van der Waals surface area contributed by atoms with Crippen LogP contribution in [0.5, 0.6) is 0 Å². The molecule has 3 nitrogen and oxygen atoms in total. The smallest absolute Gasteiger partial charge is 0.255 e. The molecular formula is C23H21BrN2O. The molecule has 1 fully saturated rings. The minimum atomic E-state index is -0.0992. The number of rotatable bonds is 6. The summed E-state index contributed by atoms with van der Waals surface area (Å²) in [7, 11) is 0. The molecule has 0 heterocycles. The molecule has 3 aromatic rings. The molecule has 1 amide bonds. The molecule has 0 bridgehead atoms. The molecule has 27 heavy (non-hydrogen) atoms. The number of halogens is 1. The Hall–Kier alpha value is -2.43. The molecule has 0 radical (unpaired) electrons. The monoisotopic (exact) mass is 420 g/mol. The largest absolute Gasteiger partial charge is 0.322 e. The van der Waals surface area contributed by atoms with Gasteiger partial charge in [-0.3, -0.25) is 4.79 Å². The number of benzene rings is 3. The van der Waals surface area contributed by atoms with Crippen LogP contribution < -0.4 is 10.6 Å². The van der Waals surface area contributed by atoms with E-state index in [0.29, 0.717) is 17.5 Å². The van der Waals surface area contributed by atoms with Gasteiger partial charge in [-0.25, -0.2) is 0 Å². The predicted molar refractivity (Wildman–Crippen MR) is 113 cm³/mol. The van der Waals surface area contributed by atoms with E-state index in [9.17, 15) is 4.79 Å². The minimum absolute atomic E-state index is 0.0992. The average molecular weight is 421 g/mol. The van der Waals surface area contributed by atoms with Crippen molar-refractivity contribution in [1.82, 2.24) is 5.32 Å². The molecule has 2 N–H and O–H groups in total. The van der Waals surface area contributed by atoms with Gasteiger partial charge in [0.2, 0.25) is 0 Å². The molecule has 4 rings (SSSR count). The summed E-state index contributed by atoms with van der Waals surface area (Å²) < 4.78 is 0.897. The zero-order chi connectivity index (χ0) is 18.6. The standard InChI is InChI=1S/C23H21BrN2O/c24-19-8-4-7-18(13-19)23(27)26-20-11-9-17(10-12-20)21-14-22(21)25-15-16-5-2-1-3-6-16/h1-13,21-22,25H,14-15H2,(H,26,27). The number of hydrogen-bond donors (Lipinski definition) is 2. The zero-order valence-electron chi connectivity index (χ0n) is 14.9. The van der Waals surface area contributed by atoms with Crippen LogP contribution in [0.1, 0.15) is 33.8 Å². The highest BCUT2D eigenvalue weighted by molar-refractivity contribution is 9.10. The lowest BCUT2D eigenvalue weighted by Gasteiger charge is -2.08. The number of nitrogens with one attached hydrogen (secondary N) is 2. The maximum absolute atomic E-state index is 12.3. The number of carbonyl (C=O) groups is 1. The van der Waals surface area contributed by atoms with Crippen LogP contribution in [-0.4, -0.2) is 11.9 Å². The van der Waals surface area contributed by atoms with Crippen LogP contribution in [0.3, 0.4) is 0 Å². The number of amides is 1. The topological polar surface area (TPSA) is 41.1 Å². The molecule has 2 atom stereocenters. The van der Waals surface area contributed by atoms with Gasteiger partial charge < -0.3 is 10.6 Å². The number of anilines is 1. The lowest BCUT2D eigenvalue weighted by Crippen LogP contribution is -2.17. The van der Waals surface area contributed by atoms with Crippen molar-refractivity contribution in [3.63, 3.8) is 0 Å². The molecule has 136 valence electrons. The van der Waals surface area contributed by atoms with E-state index in [1.165, 1.54) is 11.1 Å². The van der Waals surface area contributed by atoms with Crippen molar-refractivity contribution in [1.29, 1.82) is 0 Å². The second-order valence-electron chi connectivity index (χ2n) is 6.90. The van der Waals surface area contributed by atoms with Gasteiger partial charge in [0.15, 0.2) is 0 Å². The van der Waals surface area contributed by atoms with Gasteiger partial charge in [0.05, 0.1) is 0 Å². The molecule has 1 aliphatic carbocycles. The third kappa shape index (κ3) is 4.65. The molecule has 0 aliphatic heterocycles. The normalized spacial score (nSPS) is 18.1. The van der Waals surface area contributed by atoms with Crippen molar-refractivity contribution in [3.05, 3.63) is 100 Å². The maximum atomic E-state index is 12.3. The minimum Gasteiger partial charge on any atom is -0.322 e. The molecule has 0 aromatic heterocycles. The fourth-order valence-corrected chi connectivity index (χ4v) is 3.68. The van der Waals surface area contributed by atoms with Gasteiger partial charge in [-0.05, 0) is 47.9 Å². The fourth-order valence-electron chi connectivity index (χ4n) is 3.28.